The molecule has 0 unspecified atom stereocenters. The molecule has 0 spiro atoms. The molecule has 0 radical (unpaired) electrons. The maximum atomic E-state index is 6.64. The topological polar surface area (TPSA) is 51.8 Å². The van der Waals surface area contributed by atoms with Crippen LogP contribution in [0.5, 0.6) is 0 Å². The lowest BCUT2D eigenvalue weighted by Crippen LogP contribution is -2.00. The molecule has 49 heavy (non-hydrogen) atoms. The minimum Gasteiger partial charge on any atom is -0.456 e. The van der Waals surface area contributed by atoms with Crippen molar-refractivity contribution < 1.29 is 4.42 Å². The van der Waals surface area contributed by atoms with E-state index in [-0.39, 0.29) is 0 Å². The number of hydrogen-bond acceptors (Lipinski definition) is 4. The minimum absolute atomic E-state index is 0.603. The number of aromatic nitrogens is 3. The van der Waals surface area contributed by atoms with Gasteiger partial charge < -0.3 is 4.42 Å². The molecule has 2 heterocycles. The SMILES string of the molecule is c1ccc(-c2cc3oc4cccc(-c5nc(-c6ccc7ccccc7c6)nc(-c6ccc7ccccc7c6)n5)c4c3c3ccccc23)cc1. The largest absolute Gasteiger partial charge is 0.456 e. The molecule has 4 heteroatoms. The monoisotopic (exact) mass is 625 g/mol. The number of benzene rings is 8. The summed E-state index contributed by atoms with van der Waals surface area (Å²) in [5, 5.41) is 8.97. The van der Waals surface area contributed by atoms with E-state index in [1.807, 2.05) is 18.2 Å². The third-order valence-corrected chi connectivity index (χ3v) is 9.48. The van der Waals surface area contributed by atoms with Crippen molar-refractivity contribution in [3.63, 3.8) is 0 Å². The summed E-state index contributed by atoms with van der Waals surface area (Å²) in [6.07, 6.45) is 0. The molecule has 0 saturated carbocycles. The van der Waals surface area contributed by atoms with E-state index in [0.29, 0.717) is 17.5 Å². The molecule has 0 fully saturated rings. The van der Waals surface area contributed by atoms with Gasteiger partial charge in [0.1, 0.15) is 11.2 Å². The van der Waals surface area contributed by atoms with Gasteiger partial charge in [0.15, 0.2) is 17.5 Å². The summed E-state index contributed by atoms with van der Waals surface area (Å²) in [7, 11) is 0. The number of hydrogen-bond donors (Lipinski definition) is 0. The van der Waals surface area contributed by atoms with Gasteiger partial charge in [-0.15, -0.1) is 0 Å². The fourth-order valence-corrected chi connectivity index (χ4v) is 7.13. The van der Waals surface area contributed by atoms with Crippen molar-refractivity contribution >= 4 is 54.3 Å². The highest BCUT2D eigenvalue weighted by atomic mass is 16.3. The van der Waals surface area contributed by atoms with Crippen molar-refractivity contribution in [3.8, 4) is 45.3 Å². The molecule has 0 atom stereocenters. The van der Waals surface area contributed by atoms with Gasteiger partial charge in [-0.3, -0.25) is 0 Å². The molecule has 10 rings (SSSR count). The van der Waals surface area contributed by atoms with Gasteiger partial charge in [-0.25, -0.2) is 15.0 Å². The van der Waals surface area contributed by atoms with Crippen molar-refractivity contribution in [1.82, 2.24) is 15.0 Å². The summed E-state index contributed by atoms with van der Waals surface area (Å²) in [6, 6.07) is 56.9. The van der Waals surface area contributed by atoms with E-state index in [9.17, 15) is 0 Å². The van der Waals surface area contributed by atoms with Crippen molar-refractivity contribution in [2.45, 2.75) is 0 Å². The van der Waals surface area contributed by atoms with Crippen molar-refractivity contribution in [2.24, 2.45) is 0 Å². The van der Waals surface area contributed by atoms with Crippen LogP contribution >= 0.6 is 0 Å². The van der Waals surface area contributed by atoms with Gasteiger partial charge in [0.05, 0.1) is 0 Å². The zero-order chi connectivity index (χ0) is 32.3. The number of furan rings is 1. The smallest absolute Gasteiger partial charge is 0.164 e. The zero-order valence-corrected chi connectivity index (χ0v) is 26.3. The van der Waals surface area contributed by atoms with E-state index in [0.717, 1.165) is 65.9 Å². The van der Waals surface area contributed by atoms with E-state index in [1.165, 1.54) is 16.2 Å². The Kier molecular flexibility index (Phi) is 6.15. The summed E-state index contributed by atoms with van der Waals surface area (Å²) in [4.78, 5) is 15.5. The fourth-order valence-electron chi connectivity index (χ4n) is 7.13. The molecule has 2 aromatic heterocycles. The molecular weight excluding hydrogens is 599 g/mol. The maximum absolute atomic E-state index is 6.64. The molecular formula is C45H27N3O. The lowest BCUT2D eigenvalue weighted by atomic mass is 9.94. The van der Waals surface area contributed by atoms with E-state index in [1.54, 1.807) is 0 Å². The first kappa shape index (κ1) is 27.5. The lowest BCUT2D eigenvalue weighted by Gasteiger charge is -2.11. The Morgan fingerprint density at radius 2 is 0.898 bits per heavy atom. The Morgan fingerprint density at radius 3 is 1.57 bits per heavy atom. The summed E-state index contributed by atoms with van der Waals surface area (Å²) < 4.78 is 6.64. The molecule has 0 N–H and O–H groups in total. The first-order chi connectivity index (χ1) is 24.3. The van der Waals surface area contributed by atoms with E-state index in [2.05, 4.69) is 146 Å². The standard InChI is InChI=1S/C45H27N3O/c1-2-13-30(14-3-1)38-27-40-41(36-18-9-8-17-35(36)38)42-37(19-10-20-39(42)49-40)45-47-43(33-23-21-28-11-4-6-15-31(28)25-33)46-44(48-45)34-24-22-29-12-5-7-16-32(29)26-34/h1-27H. The molecule has 0 aliphatic carbocycles. The summed E-state index contributed by atoms with van der Waals surface area (Å²) in [5.41, 5.74) is 6.69. The molecule has 0 aliphatic heterocycles. The van der Waals surface area contributed by atoms with Crippen LogP contribution in [0, 0.1) is 0 Å². The predicted molar refractivity (Wildman–Crippen MR) is 201 cm³/mol. The van der Waals surface area contributed by atoms with Crippen molar-refractivity contribution in [3.05, 3.63) is 164 Å². The van der Waals surface area contributed by atoms with Gasteiger partial charge in [0.2, 0.25) is 0 Å². The van der Waals surface area contributed by atoms with Crippen molar-refractivity contribution in [2.75, 3.05) is 0 Å². The lowest BCUT2D eigenvalue weighted by molar-refractivity contribution is 0.669. The quantitative estimate of drug-likeness (QED) is 0.195. The molecule has 0 aliphatic rings. The second-order valence-electron chi connectivity index (χ2n) is 12.4. The number of rotatable bonds is 4. The van der Waals surface area contributed by atoms with Crippen LogP contribution in [0.2, 0.25) is 0 Å². The molecule has 4 nitrogen and oxygen atoms in total. The van der Waals surface area contributed by atoms with E-state index in [4.69, 9.17) is 19.4 Å². The highest BCUT2D eigenvalue weighted by Gasteiger charge is 2.21. The van der Waals surface area contributed by atoms with Crippen LogP contribution in [0.25, 0.3) is 99.5 Å². The van der Waals surface area contributed by atoms with Crippen LogP contribution in [-0.2, 0) is 0 Å². The highest BCUT2D eigenvalue weighted by Crippen LogP contribution is 2.43. The molecule has 228 valence electrons. The number of nitrogens with zero attached hydrogens (tertiary/aromatic N) is 3. The van der Waals surface area contributed by atoms with Crippen LogP contribution in [0.3, 0.4) is 0 Å². The predicted octanol–water partition coefficient (Wildman–Crippen LogP) is 11.9. The van der Waals surface area contributed by atoms with Gasteiger partial charge >= 0.3 is 0 Å². The van der Waals surface area contributed by atoms with Gasteiger partial charge in [-0.2, -0.15) is 0 Å². The molecule has 10 aromatic rings. The maximum Gasteiger partial charge on any atom is 0.164 e. The normalized spacial score (nSPS) is 11.7. The van der Waals surface area contributed by atoms with Crippen LogP contribution < -0.4 is 0 Å². The van der Waals surface area contributed by atoms with E-state index >= 15 is 0 Å². The third kappa shape index (κ3) is 4.57. The summed E-state index contributed by atoms with van der Waals surface area (Å²) in [5.74, 6) is 1.85. The minimum atomic E-state index is 0.603. The van der Waals surface area contributed by atoms with Gasteiger partial charge in [0, 0.05) is 27.5 Å². The Morgan fingerprint density at radius 1 is 0.327 bits per heavy atom. The fraction of sp³-hybridized carbons (Fsp3) is 0. The third-order valence-electron chi connectivity index (χ3n) is 9.48. The van der Waals surface area contributed by atoms with E-state index < -0.39 is 0 Å². The Labute approximate surface area is 282 Å². The molecule has 0 saturated heterocycles. The zero-order valence-electron chi connectivity index (χ0n) is 26.3. The van der Waals surface area contributed by atoms with Gasteiger partial charge in [-0.1, -0.05) is 140 Å². The second kappa shape index (κ2) is 11.0. The second-order valence-corrected chi connectivity index (χ2v) is 12.4. The van der Waals surface area contributed by atoms with Crippen LogP contribution in [0.1, 0.15) is 0 Å². The summed E-state index contributed by atoms with van der Waals surface area (Å²) >= 11 is 0. The highest BCUT2D eigenvalue weighted by molar-refractivity contribution is 6.25. The van der Waals surface area contributed by atoms with Gasteiger partial charge in [0.25, 0.3) is 0 Å². The average Bonchev–Trinajstić information content (AvgIpc) is 3.56. The van der Waals surface area contributed by atoms with Crippen LogP contribution in [0.15, 0.2) is 168 Å². The van der Waals surface area contributed by atoms with Crippen LogP contribution in [0.4, 0.5) is 0 Å². The molecule has 8 aromatic carbocycles. The van der Waals surface area contributed by atoms with Gasteiger partial charge in [-0.05, 0) is 67.7 Å². The average molecular weight is 626 g/mol. The Hall–Kier alpha value is -6.65. The van der Waals surface area contributed by atoms with Crippen LogP contribution in [-0.4, -0.2) is 15.0 Å². The first-order valence-corrected chi connectivity index (χ1v) is 16.4. The first-order valence-electron chi connectivity index (χ1n) is 16.4. The Bertz CT molecular complexity index is 2790. The summed E-state index contributed by atoms with van der Waals surface area (Å²) in [6.45, 7) is 0. The Balaban J connectivity index is 1.25. The molecule has 0 bridgehead atoms. The van der Waals surface area contributed by atoms with Crippen molar-refractivity contribution in [1.29, 1.82) is 0 Å². The molecule has 0 amide bonds. The number of fused-ring (bicyclic) bond motifs is 7.